The molecule has 0 bridgehead atoms. The lowest BCUT2D eigenvalue weighted by atomic mass is 9.92. The van der Waals surface area contributed by atoms with Crippen molar-refractivity contribution in [1.82, 2.24) is 10.2 Å². The Balaban J connectivity index is 2.33. The molecule has 0 saturated carbocycles. The van der Waals surface area contributed by atoms with Crippen LogP contribution in [0.2, 0.25) is 0 Å². The lowest BCUT2D eigenvalue weighted by Gasteiger charge is -2.17. The normalized spacial score (nSPS) is 20.5. The fourth-order valence-corrected chi connectivity index (χ4v) is 1.91. The van der Waals surface area contributed by atoms with Gasteiger partial charge in [0.1, 0.15) is 0 Å². The number of carboxylic acid groups (broad SMARTS) is 1. The zero-order valence-electron chi connectivity index (χ0n) is 7.66. The third-order valence-electron chi connectivity index (χ3n) is 2.52. The number of fused-ring (bicyclic) bond motifs is 1. The van der Waals surface area contributed by atoms with Gasteiger partial charge in [-0.3, -0.25) is 9.89 Å². The molecule has 1 aliphatic rings. The van der Waals surface area contributed by atoms with Crippen LogP contribution in [0.4, 0.5) is 0 Å². The van der Waals surface area contributed by atoms with Crippen molar-refractivity contribution in [3.8, 4) is 0 Å². The molecule has 3 N–H and O–H groups in total. The van der Waals surface area contributed by atoms with Crippen LogP contribution in [-0.2, 0) is 17.6 Å². The molecule has 0 saturated heterocycles. The molecule has 76 valence electrons. The minimum atomic E-state index is -0.919. The van der Waals surface area contributed by atoms with Gasteiger partial charge in [-0.25, -0.2) is 0 Å². The highest BCUT2D eigenvalue weighted by Crippen LogP contribution is 2.30. The van der Waals surface area contributed by atoms with E-state index in [1.165, 1.54) is 0 Å². The van der Waals surface area contributed by atoms with Crippen molar-refractivity contribution in [2.45, 2.75) is 31.8 Å². The highest BCUT2D eigenvalue weighted by atomic mass is 16.4. The van der Waals surface area contributed by atoms with Gasteiger partial charge in [-0.15, -0.1) is 0 Å². The molecule has 0 spiro atoms. The van der Waals surface area contributed by atoms with E-state index in [1.807, 2.05) is 0 Å². The molecule has 1 aromatic rings. The van der Waals surface area contributed by atoms with E-state index < -0.39 is 12.1 Å². The number of aromatic amines is 1. The van der Waals surface area contributed by atoms with Gasteiger partial charge in [0.15, 0.2) is 0 Å². The molecule has 0 aliphatic heterocycles. The Hall–Kier alpha value is -1.36. The first-order chi connectivity index (χ1) is 6.68. The molecule has 2 rings (SSSR count). The smallest absolute Gasteiger partial charge is 0.309 e. The summed E-state index contributed by atoms with van der Waals surface area (Å²) in [5, 5.41) is 25.0. The Morgan fingerprint density at radius 2 is 2.43 bits per heavy atom. The van der Waals surface area contributed by atoms with Crippen molar-refractivity contribution in [2.75, 3.05) is 0 Å². The van der Waals surface area contributed by atoms with Gasteiger partial charge >= 0.3 is 5.97 Å². The van der Waals surface area contributed by atoms with Crippen LogP contribution in [0.3, 0.4) is 0 Å². The summed E-state index contributed by atoms with van der Waals surface area (Å²) in [7, 11) is 0. The number of aryl methyl sites for hydroxylation is 1. The molecule has 1 aromatic heterocycles. The predicted octanol–water partition coefficient (Wildman–Crippen LogP) is 0.406. The minimum Gasteiger partial charge on any atom is -0.481 e. The molecule has 0 aromatic carbocycles. The summed E-state index contributed by atoms with van der Waals surface area (Å²) in [6, 6.07) is 0. The van der Waals surface area contributed by atoms with Gasteiger partial charge in [0.25, 0.3) is 0 Å². The second-order valence-electron chi connectivity index (χ2n) is 3.54. The number of aromatic nitrogens is 2. The number of rotatable bonds is 2. The summed E-state index contributed by atoms with van der Waals surface area (Å²) in [6.07, 6.45) is 1.79. The SMILES string of the molecule is O=C(O)Cc1n[nH]c2c1C(O)CCC2. The topological polar surface area (TPSA) is 86.2 Å². The first-order valence-corrected chi connectivity index (χ1v) is 4.64. The monoisotopic (exact) mass is 196 g/mol. The van der Waals surface area contributed by atoms with Gasteiger partial charge in [0.2, 0.25) is 0 Å². The Bertz CT molecular complexity index is 359. The average Bonchev–Trinajstić information content (AvgIpc) is 2.49. The fraction of sp³-hybridized carbons (Fsp3) is 0.556. The fourth-order valence-electron chi connectivity index (χ4n) is 1.91. The first kappa shape index (κ1) is 9.21. The van der Waals surface area contributed by atoms with Gasteiger partial charge in [-0.2, -0.15) is 5.10 Å². The number of carboxylic acids is 1. The highest BCUT2D eigenvalue weighted by molar-refractivity contribution is 5.70. The lowest BCUT2D eigenvalue weighted by molar-refractivity contribution is -0.136. The van der Waals surface area contributed by atoms with Crippen LogP contribution >= 0.6 is 0 Å². The van der Waals surface area contributed by atoms with E-state index in [1.54, 1.807) is 0 Å². The maximum Gasteiger partial charge on any atom is 0.309 e. The van der Waals surface area contributed by atoms with Crippen LogP contribution in [0.15, 0.2) is 0 Å². The second-order valence-corrected chi connectivity index (χ2v) is 3.54. The molecule has 1 heterocycles. The summed E-state index contributed by atoms with van der Waals surface area (Å²) in [5.41, 5.74) is 2.07. The van der Waals surface area contributed by atoms with Gasteiger partial charge < -0.3 is 10.2 Å². The van der Waals surface area contributed by atoms with E-state index in [0.29, 0.717) is 17.7 Å². The van der Waals surface area contributed by atoms with Gasteiger partial charge in [0.05, 0.1) is 18.2 Å². The highest BCUT2D eigenvalue weighted by Gasteiger charge is 2.25. The predicted molar refractivity (Wildman–Crippen MR) is 47.8 cm³/mol. The van der Waals surface area contributed by atoms with Crippen LogP contribution in [0.5, 0.6) is 0 Å². The molecule has 1 unspecified atom stereocenters. The van der Waals surface area contributed by atoms with E-state index >= 15 is 0 Å². The standard InChI is InChI=1S/C9H12N2O3/c12-7-3-1-2-5-9(7)6(11-10-5)4-8(13)14/h7,12H,1-4H2,(H,10,11)(H,13,14). The molecule has 0 amide bonds. The Morgan fingerprint density at radius 1 is 1.64 bits per heavy atom. The molecule has 1 atom stereocenters. The number of aliphatic hydroxyl groups excluding tert-OH is 1. The van der Waals surface area contributed by atoms with Crippen molar-refractivity contribution in [3.05, 3.63) is 17.0 Å². The first-order valence-electron chi connectivity index (χ1n) is 4.64. The molecular formula is C9H12N2O3. The summed E-state index contributed by atoms with van der Waals surface area (Å²) in [6.45, 7) is 0. The molecule has 0 radical (unpaired) electrons. The maximum absolute atomic E-state index is 10.5. The second kappa shape index (κ2) is 3.42. The zero-order chi connectivity index (χ0) is 10.1. The summed E-state index contributed by atoms with van der Waals surface area (Å²) in [5.74, 6) is -0.919. The summed E-state index contributed by atoms with van der Waals surface area (Å²) < 4.78 is 0. The van der Waals surface area contributed by atoms with Crippen LogP contribution in [0, 0.1) is 0 Å². The van der Waals surface area contributed by atoms with E-state index in [-0.39, 0.29) is 6.42 Å². The number of aliphatic hydroxyl groups is 1. The van der Waals surface area contributed by atoms with E-state index in [2.05, 4.69) is 10.2 Å². The quantitative estimate of drug-likeness (QED) is 0.639. The average molecular weight is 196 g/mol. The molecule has 0 fully saturated rings. The van der Waals surface area contributed by atoms with Crippen molar-refractivity contribution >= 4 is 5.97 Å². The third-order valence-corrected chi connectivity index (χ3v) is 2.52. The number of hydrogen-bond acceptors (Lipinski definition) is 3. The minimum absolute atomic E-state index is 0.122. The Kier molecular flexibility index (Phi) is 2.25. The third kappa shape index (κ3) is 1.50. The van der Waals surface area contributed by atoms with Crippen molar-refractivity contribution in [1.29, 1.82) is 0 Å². The molecule has 1 aliphatic carbocycles. The lowest BCUT2D eigenvalue weighted by Crippen LogP contribution is -2.11. The van der Waals surface area contributed by atoms with E-state index in [0.717, 1.165) is 18.5 Å². The Morgan fingerprint density at radius 3 is 3.14 bits per heavy atom. The number of hydrogen-bond donors (Lipinski definition) is 3. The van der Waals surface area contributed by atoms with Crippen molar-refractivity contribution in [3.63, 3.8) is 0 Å². The van der Waals surface area contributed by atoms with Crippen LogP contribution in [0.25, 0.3) is 0 Å². The van der Waals surface area contributed by atoms with Crippen LogP contribution in [-0.4, -0.2) is 26.4 Å². The largest absolute Gasteiger partial charge is 0.481 e. The van der Waals surface area contributed by atoms with Gasteiger partial charge in [-0.05, 0) is 19.3 Å². The molecular weight excluding hydrogens is 184 g/mol. The maximum atomic E-state index is 10.5. The van der Waals surface area contributed by atoms with Gasteiger partial charge in [0, 0.05) is 11.3 Å². The van der Waals surface area contributed by atoms with Gasteiger partial charge in [-0.1, -0.05) is 0 Å². The van der Waals surface area contributed by atoms with Crippen LogP contribution < -0.4 is 0 Å². The number of H-pyrrole nitrogens is 1. The summed E-state index contributed by atoms with van der Waals surface area (Å²) in [4.78, 5) is 10.5. The zero-order valence-corrected chi connectivity index (χ0v) is 7.66. The van der Waals surface area contributed by atoms with Crippen molar-refractivity contribution < 1.29 is 15.0 Å². The summed E-state index contributed by atoms with van der Waals surface area (Å²) >= 11 is 0. The van der Waals surface area contributed by atoms with E-state index in [4.69, 9.17) is 5.11 Å². The molecule has 5 nitrogen and oxygen atoms in total. The Labute approximate surface area is 80.8 Å². The number of nitrogens with zero attached hydrogens (tertiary/aromatic N) is 1. The number of carbonyl (C=O) groups is 1. The number of aliphatic carboxylic acids is 1. The molecule has 14 heavy (non-hydrogen) atoms. The van der Waals surface area contributed by atoms with Crippen LogP contribution in [0.1, 0.15) is 35.9 Å². The molecule has 5 heteroatoms. The number of nitrogens with one attached hydrogen (secondary N) is 1. The van der Waals surface area contributed by atoms with E-state index in [9.17, 15) is 9.90 Å². The van der Waals surface area contributed by atoms with Crippen molar-refractivity contribution in [2.24, 2.45) is 0 Å².